The van der Waals surface area contributed by atoms with Crippen LogP contribution in [0.1, 0.15) is 13.8 Å². The first-order valence-electron chi connectivity index (χ1n) is 10.6. The number of benzene rings is 1. The number of anilines is 1. The Morgan fingerprint density at radius 1 is 1.35 bits per heavy atom. The van der Waals surface area contributed by atoms with Crippen LogP contribution < -0.4 is 15.6 Å². The fraction of sp³-hybridized carbons (Fsp3) is 0.348. The van der Waals surface area contributed by atoms with Gasteiger partial charge in [0.05, 0.1) is 17.6 Å². The van der Waals surface area contributed by atoms with Crippen LogP contribution in [0.2, 0.25) is 0 Å². The van der Waals surface area contributed by atoms with Gasteiger partial charge in [-0.3, -0.25) is 9.80 Å². The minimum Gasteiger partial charge on any atom is -0.464 e. The minimum atomic E-state index is -0.231. The molecule has 1 aromatic heterocycles. The zero-order valence-electron chi connectivity index (χ0n) is 18.1. The molecule has 162 valence electrons. The summed E-state index contributed by atoms with van der Waals surface area (Å²) < 4.78 is 7.22. The van der Waals surface area contributed by atoms with Gasteiger partial charge in [0.2, 0.25) is 0 Å². The van der Waals surface area contributed by atoms with E-state index in [4.69, 9.17) is 4.42 Å². The van der Waals surface area contributed by atoms with Crippen LogP contribution in [-0.2, 0) is 4.79 Å². The third kappa shape index (κ3) is 4.69. The molecule has 3 heterocycles. The lowest BCUT2D eigenvalue weighted by Crippen LogP contribution is -2.45. The molecule has 2 N–H and O–H groups in total. The molecule has 0 spiro atoms. The Morgan fingerprint density at radius 3 is 2.94 bits per heavy atom. The average Bonchev–Trinajstić information content (AvgIpc) is 3.26. The van der Waals surface area contributed by atoms with Crippen molar-refractivity contribution in [2.45, 2.75) is 13.8 Å². The Kier molecular flexibility index (Phi) is 6.18. The smallest absolute Gasteiger partial charge is 0.271 e. The second kappa shape index (κ2) is 9.18. The van der Waals surface area contributed by atoms with Gasteiger partial charge in [-0.25, -0.2) is 4.58 Å². The molecule has 1 amide bonds. The van der Waals surface area contributed by atoms with E-state index in [1.54, 1.807) is 13.2 Å². The normalized spacial score (nSPS) is 17.4. The van der Waals surface area contributed by atoms with Crippen molar-refractivity contribution in [2.75, 3.05) is 44.3 Å². The van der Waals surface area contributed by atoms with Gasteiger partial charge in [-0.2, -0.15) is 5.10 Å². The van der Waals surface area contributed by atoms with Crippen molar-refractivity contribution in [1.29, 1.82) is 0 Å². The number of amides is 1. The predicted molar refractivity (Wildman–Crippen MR) is 123 cm³/mol. The van der Waals surface area contributed by atoms with Gasteiger partial charge >= 0.3 is 0 Å². The molecule has 8 heteroatoms. The molecule has 1 saturated heterocycles. The Balaban J connectivity index is 1.51. The summed E-state index contributed by atoms with van der Waals surface area (Å²) in [6.45, 7) is 12.7. The molecule has 0 unspecified atom stereocenters. The average molecular weight is 422 g/mol. The van der Waals surface area contributed by atoms with Crippen LogP contribution >= 0.6 is 0 Å². The van der Waals surface area contributed by atoms with Gasteiger partial charge < -0.3 is 20.0 Å². The molecule has 0 atom stereocenters. The van der Waals surface area contributed by atoms with Crippen LogP contribution in [0.3, 0.4) is 0 Å². The summed E-state index contributed by atoms with van der Waals surface area (Å²) in [5.74, 6) is -0.231. The molecule has 1 fully saturated rings. The molecule has 0 aliphatic carbocycles. The topological polar surface area (TPSA) is 76.1 Å². The van der Waals surface area contributed by atoms with Crippen molar-refractivity contribution in [3.05, 3.63) is 54.2 Å². The zero-order chi connectivity index (χ0) is 21.8. The Bertz CT molecular complexity index is 1070. The number of hydrogen-bond acceptors (Lipinski definition) is 6. The number of nitrogens with zero attached hydrogens (tertiary/aromatic N) is 4. The Labute approximate surface area is 182 Å². The maximum absolute atomic E-state index is 13.0. The van der Waals surface area contributed by atoms with Crippen molar-refractivity contribution < 1.29 is 13.8 Å². The van der Waals surface area contributed by atoms with Crippen molar-refractivity contribution in [3.63, 3.8) is 0 Å². The van der Waals surface area contributed by atoms with E-state index < -0.39 is 0 Å². The highest BCUT2D eigenvalue weighted by Crippen LogP contribution is 2.23. The molecule has 1 aromatic carbocycles. The van der Waals surface area contributed by atoms with Gasteiger partial charge in [0.15, 0.2) is 12.7 Å². The van der Waals surface area contributed by atoms with E-state index in [9.17, 15) is 4.79 Å². The highest BCUT2D eigenvalue weighted by Gasteiger charge is 2.24. The number of hydrogen-bond donors (Lipinski definition) is 2. The van der Waals surface area contributed by atoms with Crippen LogP contribution in [0.5, 0.6) is 0 Å². The summed E-state index contributed by atoms with van der Waals surface area (Å²) in [5, 5.41) is 13.8. The van der Waals surface area contributed by atoms with Crippen LogP contribution in [0, 0.1) is 0 Å². The summed E-state index contributed by atoms with van der Waals surface area (Å²) in [5.41, 5.74) is 3.92. The summed E-state index contributed by atoms with van der Waals surface area (Å²) in [4.78, 5) is 15.3. The largest absolute Gasteiger partial charge is 0.464 e. The number of rotatable bonds is 6. The van der Waals surface area contributed by atoms with Crippen molar-refractivity contribution in [1.82, 2.24) is 15.5 Å². The van der Waals surface area contributed by atoms with E-state index >= 15 is 0 Å². The number of hydrazone groups is 1. The van der Waals surface area contributed by atoms with Gasteiger partial charge in [0, 0.05) is 44.2 Å². The first kappa shape index (κ1) is 20.9. The molecule has 0 bridgehead atoms. The lowest BCUT2D eigenvalue weighted by Gasteiger charge is -2.33. The predicted octanol–water partition coefficient (Wildman–Crippen LogP) is 2.11. The van der Waals surface area contributed by atoms with Gasteiger partial charge in [-0.05, 0) is 38.1 Å². The minimum absolute atomic E-state index is 0.231. The van der Waals surface area contributed by atoms with E-state index in [-0.39, 0.29) is 5.91 Å². The zero-order valence-corrected chi connectivity index (χ0v) is 18.1. The standard InChI is InChI=1S/C23H28N6O2/c1-4-29(19-5-6-22-18(15-19)8-14-31-22)26-17(2)23(30)25-20-16-27(3)11-7-21(20)28-12-9-24-10-13-28/h5-8,14-16,24H,3-4,9-13H2,1-2H3/p+1. The highest BCUT2D eigenvalue weighted by molar-refractivity contribution is 6.38. The van der Waals surface area contributed by atoms with E-state index in [1.165, 1.54) is 0 Å². The first-order chi connectivity index (χ1) is 15.0. The fourth-order valence-corrected chi connectivity index (χ4v) is 3.78. The lowest BCUT2D eigenvalue weighted by molar-refractivity contribution is -0.438. The molecule has 2 aliphatic heterocycles. The fourth-order valence-electron chi connectivity index (χ4n) is 3.78. The molecule has 0 radical (unpaired) electrons. The van der Waals surface area contributed by atoms with E-state index in [2.05, 4.69) is 33.4 Å². The van der Waals surface area contributed by atoms with Crippen LogP contribution in [0.4, 0.5) is 5.69 Å². The van der Waals surface area contributed by atoms with Crippen LogP contribution in [0.15, 0.2) is 63.7 Å². The van der Waals surface area contributed by atoms with Crippen molar-refractivity contribution in [3.8, 4) is 0 Å². The number of fused-ring (bicyclic) bond motifs is 1. The molecule has 2 aromatic rings. The van der Waals surface area contributed by atoms with Crippen molar-refractivity contribution >= 4 is 35.0 Å². The number of carbonyl (C=O) groups is 1. The molecule has 0 saturated carbocycles. The van der Waals surface area contributed by atoms with E-state index in [0.29, 0.717) is 18.8 Å². The number of carbonyl (C=O) groups excluding carboxylic acids is 1. The second-order valence-electron chi connectivity index (χ2n) is 7.64. The first-order valence-corrected chi connectivity index (χ1v) is 10.6. The molecular formula is C23H29N6O2+. The number of piperazine rings is 1. The van der Waals surface area contributed by atoms with Gasteiger partial charge in [0.1, 0.15) is 23.7 Å². The van der Waals surface area contributed by atoms with Crippen LogP contribution in [0.25, 0.3) is 11.0 Å². The van der Waals surface area contributed by atoms with Crippen molar-refractivity contribution in [2.24, 2.45) is 5.10 Å². The molecule has 4 rings (SSSR count). The Hall–Kier alpha value is -3.39. The lowest BCUT2D eigenvalue weighted by atomic mass is 10.2. The number of furan rings is 1. The third-order valence-corrected chi connectivity index (χ3v) is 5.45. The summed E-state index contributed by atoms with van der Waals surface area (Å²) in [6.07, 6.45) is 5.66. The summed E-state index contributed by atoms with van der Waals surface area (Å²) in [7, 11) is 0. The van der Waals surface area contributed by atoms with Gasteiger partial charge in [0.25, 0.3) is 5.91 Å². The second-order valence-corrected chi connectivity index (χ2v) is 7.64. The summed E-state index contributed by atoms with van der Waals surface area (Å²) in [6, 6.07) is 7.78. The van der Waals surface area contributed by atoms with E-state index in [1.807, 2.05) is 47.0 Å². The molecule has 8 nitrogen and oxygen atoms in total. The van der Waals surface area contributed by atoms with Gasteiger partial charge in [-0.15, -0.1) is 0 Å². The highest BCUT2D eigenvalue weighted by atomic mass is 16.3. The monoisotopic (exact) mass is 421 g/mol. The third-order valence-electron chi connectivity index (χ3n) is 5.45. The maximum Gasteiger partial charge on any atom is 0.271 e. The number of nitrogens with one attached hydrogen (secondary N) is 2. The quantitative estimate of drug-likeness (QED) is 0.425. The molecular weight excluding hydrogens is 392 g/mol. The van der Waals surface area contributed by atoms with E-state index in [0.717, 1.165) is 54.2 Å². The van der Waals surface area contributed by atoms with Crippen LogP contribution in [-0.4, -0.2) is 67.1 Å². The Morgan fingerprint density at radius 2 is 2.16 bits per heavy atom. The molecule has 31 heavy (non-hydrogen) atoms. The summed E-state index contributed by atoms with van der Waals surface area (Å²) >= 11 is 0. The maximum atomic E-state index is 13.0. The SMILES string of the molecule is C=[N+]1C=C(NC(=O)C(C)=NN(CC)c2ccc3occc3c2)C(N2CCNCC2)=CC1. The van der Waals surface area contributed by atoms with Gasteiger partial charge in [-0.1, -0.05) is 0 Å². The molecule has 2 aliphatic rings.